The molecule has 88 heavy (non-hydrogen) atoms. The van der Waals surface area contributed by atoms with Gasteiger partial charge in [0.2, 0.25) is 0 Å². The van der Waals surface area contributed by atoms with E-state index in [1.807, 2.05) is 72.8 Å². The van der Waals surface area contributed by atoms with Crippen LogP contribution in [0.4, 0.5) is 26.3 Å². The first-order chi connectivity index (χ1) is 42.4. The highest BCUT2D eigenvalue weighted by Gasteiger charge is 2.49. The predicted octanol–water partition coefficient (Wildman–Crippen LogP) is 22.1. The Morgan fingerprint density at radius 1 is 0.477 bits per heavy atom. The van der Waals surface area contributed by atoms with Crippen molar-refractivity contribution in [3.05, 3.63) is 267 Å². The Kier molecular flexibility index (Phi) is 17.2. The molecule has 0 N–H and O–H groups in total. The third-order valence-corrected chi connectivity index (χ3v) is 18.1. The third kappa shape index (κ3) is 12.0. The molecule has 2 aliphatic carbocycles. The Balaban J connectivity index is 0.00000480. The first-order valence-corrected chi connectivity index (χ1v) is 31.5. The number of unbranched alkanes of at least 4 members (excludes halogenated alkanes) is 7. The minimum atomic E-state index is -6.05. The van der Waals surface area contributed by atoms with E-state index in [0.29, 0.717) is 38.4 Å². The normalized spacial score (nSPS) is 13.9. The second-order valence-corrected chi connectivity index (χ2v) is 24.6. The zero-order valence-corrected chi connectivity index (χ0v) is 49.1. The van der Waals surface area contributed by atoms with Crippen molar-refractivity contribution in [1.29, 1.82) is 0 Å². The highest BCUT2D eigenvalue weighted by Crippen LogP contribution is 2.59. The van der Waals surface area contributed by atoms with Crippen molar-refractivity contribution >= 4 is 47.9 Å². The molecular weight excluding hydrogens is 1160 g/mol. The molecule has 11 rings (SSSR count). The van der Waals surface area contributed by atoms with Gasteiger partial charge < -0.3 is 8.37 Å². The molecule has 0 saturated heterocycles. The highest BCUT2D eigenvalue weighted by atomic mass is 32.2. The molecule has 6 nitrogen and oxygen atoms in total. The Morgan fingerprint density at radius 3 is 1.35 bits per heavy atom. The van der Waals surface area contributed by atoms with E-state index in [2.05, 4.69) is 116 Å². The molecular formula is C74H74F6O6S2. The summed E-state index contributed by atoms with van der Waals surface area (Å²) in [6.07, 6.45) is 12.2. The van der Waals surface area contributed by atoms with Gasteiger partial charge in [-0.1, -0.05) is 209 Å². The zero-order valence-electron chi connectivity index (χ0n) is 47.5. The van der Waals surface area contributed by atoms with Gasteiger partial charge in [0.1, 0.15) is 11.5 Å². The van der Waals surface area contributed by atoms with Gasteiger partial charge in [-0.2, -0.15) is 43.2 Å². The van der Waals surface area contributed by atoms with Crippen molar-refractivity contribution in [3.8, 4) is 56.0 Å². The summed E-state index contributed by atoms with van der Waals surface area (Å²) in [6.45, 7) is 5.63. The molecule has 0 fully saturated rings. The second kappa shape index (κ2) is 25.1. The number of hydrogen-bond acceptors (Lipinski definition) is 6. The first kappa shape index (κ1) is 60.3. The summed E-state index contributed by atoms with van der Waals surface area (Å²) in [4.78, 5) is 0. The van der Waals surface area contributed by atoms with Crippen LogP contribution in [0, 0.1) is 0 Å². The number of aryl methyl sites for hydroxylation is 1. The molecule has 0 heterocycles. The lowest BCUT2D eigenvalue weighted by Gasteiger charge is -2.26. The molecule has 0 spiro atoms. The van der Waals surface area contributed by atoms with E-state index in [-0.39, 0.29) is 20.2 Å². The molecule has 14 heteroatoms. The lowest BCUT2D eigenvalue weighted by atomic mass is 9.77. The van der Waals surface area contributed by atoms with E-state index in [4.69, 9.17) is 0 Å². The molecule has 0 radical (unpaired) electrons. The van der Waals surface area contributed by atoms with Gasteiger partial charge in [-0.05, 0) is 195 Å². The second-order valence-electron chi connectivity index (χ2n) is 21.6. The highest BCUT2D eigenvalue weighted by molar-refractivity contribution is 7.88. The smallest absolute Gasteiger partial charge is 0.376 e. The van der Waals surface area contributed by atoms with Crippen molar-refractivity contribution in [3.63, 3.8) is 0 Å². The van der Waals surface area contributed by atoms with E-state index in [1.165, 1.54) is 92.6 Å². The van der Waals surface area contributed by atoms with Crippen LogP contribution in [-0.4, -0.2) is 27.9 Å². The Morgan fingerprint density at radius 2 is 0.898 bits per heavy atom. The van der Waals surface area contributed by atoms with Crippen LogP contribution in [0.1, 0.15) is 129 Å². The zero-order chi connectivity index (χ0) is 61.8. The average molecular weight is 1240 g/mol. The number of hydrogen-bond donors (Lipinski definition) is 0. The van der Waals surface area contributed by atoms with Gasteiger partial charge in [-0.25, -0.2) is 0 Å². The maximum atomic E-state index is 13.8. The van der Waals surface area contributed by atoms with Crippen LogP contribution in [0.3, 0.4) is 0 Å². The molecule has 9 aromatic carbocycles. The molecule has 2 unspecified atom stereocenters. The van der Waals surface area contributed by atoms with Crippen LogP contribution >= 0.6 is 0 Å². The predicted molar refractivity (Wildman–Crippen MR) is 355 cm³/mol. The van der Waals surface area contributed by atoms with Gasteiger partial charge >= 0.3 is 31.3 Å². The number of halogens is 6. The fourth-order valence-corrected chi connectivity index (χ4v) is 13.2. The lowest BCUT2D eigenvalue weighted by molar-refractivity contribution is -0.0504. The molecule has 9 aromatic rings. The molecule has 0 bridgehead atoms. The maximum absolute atomic E-state index is 13.8. The Bertz CT molecular complexity index is 4810. The van der Waals surface area contributed by atoms with Crippen molar-refractivity contribution in [2.75, 3.05) is 0 Å². The van der Waals surface area contributed by atoms with Crippen molar-refractivity contribution in [1.82, 2.24) is 0 Å². The summed E-state index contributed by atoms with van der Waals surface area (Å²) in [5, 5.41) is 2.79. The van der Waals surface area contributed by atoms with Crippen LogP contribution in [0.25, 0.3) is 72.1 Å². The van der Waals surface area contributed by atoms with Gasteiger partial charge in [0, 0.05) is 26.1 Å². The molecule has 0 aromatic heterocycles. The fraction of sp³-hybridized carbons (Fsp3) is 0.189. The minimum absolute atomic E-state index is 0. The summed E-state index contributed by atoms with van der Waals surface area (Å²) in [6, 6.07) is 51.7. The number of alkyl halides is 6. The fourth-order valence-electron chi connectivity index (χ4n) is 12.3. The van der Waals surface area contributed by atoms with E-state index in [9.17, 15) is 43.2 Å². The topological polar surface area (TPSA) is 86.7 Å². The molecule has 2 aliphatic rings. The van der Waals surface area contributed by atoms with E-state index in [1.54, 1.807) is 6.08 Å². The van der Waals surface area contributed by atoms with Gasteiger partial charge in [-0.15, -0.1) is 0 Å². The molecule has 0 amide bonds. The summed E-state index contributed by atoms with van der Waals surface area (Å²) in [5.41, 5.74) is 23.4. The van der Waals surface area contributed by atoms with E-state index >= 15 is 0 Å². The molecule has 460 valence electrons. The molecule has 2 atom stereocenters. The SMILES string of the molecule is C=C=C=C=C=C=C=C=C=Cc1ccc(C2c3ccccc3-c3ccc4c(-c5ccc(OS(=O)(=O)C(F)(F)F)cc5)c5c6c(ccc5c(-c5ccc(OS(=O)(=O)C(F)(F)F)cc5)c4c32)-c2ccccc2C6c2ccc(CCCCCCCCCC)cc2)cc1.[HH].[HH].[HH].[HH].[HH].[HH].[HH].[HH].[HH].[HH]. The van der Waals surface area contributed by atoms with Crippen molar-refractivity contribution in [2.24, 2.45) is 0 Å². The molecule has 0 saturated carbocycles. The van der Waals surface area contributed by atoms with Crippen molar-refractivity contribution in [2.45, 2.75) is 87.6 Å². The lowest BCUT2D eigenvalue weighted by Crippen LogP contribution is -2.28. The van der Waals surface area contributed by atoms with Gasteiger partial charge in [0.05, 0.1) is 0 Å². The Labute approximate surface area is 521 Å². The van der Waals surface area contributed by atoms with E-state index < -0.39 is 48.7 Å². The van der Waals surface area contributed by atoms with Crippen LogP contribution in [0.15, 0.2) is 222 Å². The van der Waals surface area contributed by atoms with Gasteiger partial charge in [-0.3, -0.25) is 0 Å². The van der Waals surface area contributed by atoms with Crippen LogP contribution in [-0.2, 0) is 26.7 Å². The maximum Gasteiger partial charge on any atom is 0.534 e. The van der Waals surface area contributed by atoms with Crippen LogP contribution in [0.5, 0.6) is 11.5 Å². The minimum Gasteiger partial charge on any atom is -0.376 e. The monoisotopic (exact) mass is 1240 g/mol. The average Bonchev–Trinajstić information content (AvgIpc) is 1.42. The summed E-state index contributed by atoms with van der Waals surface area (Å²) >= 11 is 0. The van der Waals surface area contributed by atoms with Gasteiger partial charge in [0.25, 0.3) is 0 Å². The Hall–Kier alpha value is -9.44. The van der Waals surface area contributed by atoms with Crippen molar-refractivity contribution < 1.29 is 65.8 Å². The standard InChI is InChI=1S/C74H54F6O6S2.10H2/c1-3-5-7-9-11-13-15-17-23-49-29-33-51(34-30-49)65-59-27-21-19-25-57(59)61-45-47-63-68(54-39-43-56(44-40-54)86-88(83,84)74(78,79)80)72-64(67(71(63)69(61)65)53-37-41-55(42-38-53)85-87(81,82)73(75,76)77)48-46-62-58-26-20-22-28-60(58)66(70(62)72)52-35-31-50(32-36-52)24-18-16-14-12-10-8-6-4-2;;;;;;;;;;/h19-23,25-48,65-66H,1,4,6,8,10,12,14,16,18,24H2,2H3;10*1H. The van der Waals surface area contributed by atoms with Gasteiger partial charge in [0.15, 0.2) is 0 Å². The van der Waals surface area contributed by atoms with Crippen LogP contribution in [0.2, 0.25) is 0 Å². The van der Waals surface area contributed by atoms with Crippen LogP contribution < -0.4 is 8.37 Å². The summed E-state index contributed by atoms with van der Waals surface area (Å²) in [7, 11) is -12.1. The molecule has 0 aliphatic heterocycles. The third-order valence-electron chi connectivity index (χ3n) is 16.1. The number of benzene rings is 9. The summed E-state index contributed by atoms with van der Waals surface area (Å²) < 4.78 is 142. The number of rotatable bonds is 18. The summed E-state index contributed by atoms with van der Waals surface area (Å²) in [5.74, 6) is -1.97. The van der Waals surface area contributed by atoms with E-state index in [0.717, 1.165) is 85.8 Å². The largest absolute Gasteiger partial charge is 0.534 e. The first-order valence-electron chi connectivity index (χ1n) is 28.7. The quantitative estimate of drug-likeness (QED) is 0.0212. The number of fused-ring (bicyclic) bond motifs is 10.